The Labute approximate surface area is 212 Å². The fraction of sp³-hybridized carbons (Fsp3) is 0.414. The van der Waals surface area contributed by atoms with E-state index in [-0.39, 0.29) is 12.3 Å². The van der Waals surface area contributed by atoms with E-state index in [0.29, 0.717) is 24.0 Å². The Morgan fingerprint density at radius 3 is 2.39 bits per heavy atom. The third-order valence-corrected chi connectivity index (χ3v) is 7.26. The number of rotatable bonds is 11. The van der Waals surface area contributed by atoms with Gasteiger partial charge in [-0.25, -0.2) is 0 Å². The Bertz CT molecular complexity index is 1190. The van der Waals surface area contributed by atoms with E-state index in [0.717, 1.165) is 41.7 Å². The summed E-state index contributed by atoms with van der Waals surface area (Å²) in [7, 11) is 4.93. The molecule has 3 aromatic rings. The molecule has 192 valence electrons. The van der Waals surface area contributed by atoms with Crippen LogP contribution in [0.1, 0.15) is 40.3 Å². The first-order chi connectivity index (χ1) is 17.3. The number of benzene rings is 2. The van der Waals surface area contributed by atoms with Crippen molar-refractivity contribution in [1.29, 1.82) is 0 Å². The summed E-state index contributed by atoms with van der Waals surface area (Å²) in [5, 5.41) is 20.8. The zero-order chi connectivity index (χ0) is 25.8. The minimum Gasteiger partial charge on any atom is -0.496 e. The minimum atomic E-state index is -0.860. The first-order valence-electron chi connectivity index (χ1n) is 12.2. The van der Waals surface area contributed by atoms with Crippen LogP contribution in [0.25, 0.3) is 0 Å². The highest BCUT2D eigenvalue weighted by Gasteiger charge is 2.31. The van der Waals surface area contributed by atoms with Gasteiger partial charge in [-0.3, -0.25) is 4.79 Å². The molecule has 1 aliphatic carbocycles. The molecule has 7 heteroatoms. The SMILES string of the molecule is COc1cc([C@@H](O)[C@H](CC2Cc3cccc(OC)c3C2)Cn2ccc(CC(=O)O)c2)cc(OC)c1C. The Morgan fingerprint density at radius 1 is 1.06 bits per heavy atom. The topological polar surface area (TPSA) is 90.2 Å². The largest absolute Gasteiger partial charge is 0.496 e. The quantitative estimate of drug-likeness (QED) is 0.406. The molecule has 1 unspecified atom stereocenters. The van der Waals surface area contributed by atoms with E-state index < -0.39 is 12.1 Å². The second kappa shape index (κ2) is 11.1. The number of aliphatic hydroxyl groups excluding tert-OH is 1. The number of aromatic nitrogens is 1. The van der Waals surface area contributed by atoms with Crippen molar-refractivity contribution in [1.82, 2.24) is 4.57 Å². The number of aliphatic hydroxyl groups is 1. The van der Waals surface area contributed by atoms with Crippen molar-refractivity contribution in [3.05, 3.63) is 76.6 Å². The van der Waals surface area contributed by atoms with E-state index >= 15 is 0 Å². The molecule has 0 fully saturated rings. The van der Waals surface area contributed by atoms with E-state index in [4.69, 9.17) is 19.3 Å². The van der Waals surface area contributed by atoms with E-state index in [1.165, 1.54) is 11.1 Å². The molecular weight excluding hydrogens is 458 g/mol. The number of fused-ring (bicyclic) bond motifs is 1. The molecule has 3 atom stereocenters. The van der Waals surface area contributed by atoms with Gasteiger partial charge in [-0.15, -0.1) is 0 Å². The Morgan fingerprint density at radius 2 is 1.75 bits per heavy atom. The van der Waals surface area contributed by atoms with Crippen molar-refractivity contribution in [2.45, 2.75) is 45.3 Å². The third kappa shape index (κ3) is 5.51. The number of nitrogens with zero attached hydrogens (tertiary/aromatic N) is 1. The first-order valence-corrected chi connectivity index (χ1v) is 12.2. The number of carboxylic acids is 1. The van der Waals surface area contributed by atoms with Gasteiger partial charge in [0.25, 0.3) is 0 Å². The van der Waals surface area contributed by atoms with Gasteiger partial charge in [-0.1, -0.05) is 12.1 Å². The predicted molar refractivity (Wildman–Crippen MR) is 137 cm³/mol. The van der Waals surface area contributed by atoms with Crippen LogP contribution in [-0.2, 0) is 30.6 Å². The molecule has 0 spiro atoms. The second-order valence-corrected chi connectivity index (χ2v) is 9.65. The Hall–Kier alpha value is -3.45. The highest BCUT2D eigenvalue weighted by Crippen LogP contribution is 2.41. The lowest BCUT2D eigenvalue weighted by molar-refractivity contribution is -0.136. The van der Waals surface area contributed by atoms with Crippen LogP contribution in [0.3, 0.4) is 0 Å². The number of aliphatic carboxylic acids is 1. The molecule has 36 heavy (non-hydrogen) atoms. The number of methoxy groups -OCH3 is 3. The van der Waals surface area contributed by atoms with Crippen LogP contribution in [0.5, 0.6) is 17.2 Å². The number of carboxylic acid groups (broad SMARTS) is 1. The fourth-order valence-corrected chi connectivity index (χ4v) is 5.50. The normalized spacial score (nSPS) is 16.3. The molecule has 0 radical (unpaired) electrons. The smallest absolute Gasteiger partial charge is 0.307 e. The van der Waals surface area contributed by atoms with Gasteiger partial charge in [-0.05, 0) is 78.6 Å². The molecule has 2 aromatic carbocycles. The zero-order valence-electron chi connectivity index (χ0n) is 21.4. The number of carbonyl (C=O) groups is 1. The van der Waals surface area contributed by atoms with Gasteiger partial charge < -0.3 is 29.0 Å². The Kier molecular flexibility index (Phi) is 7.89. The number of hydrogen-bond acceptors (Lipinski definition) is 5. The van der Waals surface area contributed by atoms with Gasteiger partial charge in [0.1, 0.15) is 17.2 Å². The van der Waals surface area contributed by atoms with Crippen molar-refractivity contribution in [2.75, 3.05) is 21.3 Å². The third-order valence-electron chi connectivity index (χ3n) is 7.26. The summed E-state index contributed by atoms with van der Waals surface area (Å²) in [5.41, 5.74) is 4.92. The summed E-state index contributed by atoms with van der Waals surface area (Å²) in [6, 6.07) is 11.8. The lowest BCUT2D eigenvalue weighted by atomic mass is 9.85. The number of ether oxygens (including phenoxy) is 3. The summed E-state index contributed by atoms with van der Waals surface area (Å²) < 4.78 is 18.7. The monoisotopic (exact) mass is 493 g/mol. The van der Waals surface area contributed by atoms with Crippen molar-refractivity contribution in [3.8, 4) is 17.2 Å². The van der Waals surface area contributed by atoms with E-state index in [1.54, 1.807) is 21.3 Å². The fourth-order valence-electron chi connectivity index (χ4n) is 5.50. The summed E-state index contributed by atoms with van der Waals surface area (Å²) in [5.74, 6) is 1.65. The summed E-state index contributed by atoms with van der Waals surface area (Å²) in [6.45, 7) is 2.49. The van der Waals surface area contributed by atoms with Gasteiger partial charge >= 0.3 is 5.97 Å². The van der Waals surface area contributed by atoms with Crippen LogP contribution in [0.2, 0.25) is 0 Å². The second-order valence-electron chi connectivity index (χ2n) is 9.65. The molecular formula is C29H35NO6. The van der Waals surface area contributed by atoms with Gasteiger partial charge in [-0.2, -0.15) is 0 Å². The number of hydrogen-bond donors (Lipinski definition) is 2. The highest BCUT2D eigenvalue weighted by molar-refractivity contribution is 5.70. The van der Waals surface area contributed by atoms with Crippen LogP contribution in [0.15, 0.2) is 48.8 Å². The molecule has 0 saturated heterocycles. The summed E-state index contributed by atoms with van der Waals surface area (Å²) in [4.78, 5) is 11.1. The molecule has 1 aliphatic rings. The predicted octanol–water partition coefficient (Wildman–Crippen LogP) is 4.60. The van der Waals surface area contributed by atoms with E-state index in [9.17, 15) is 9.90 Å². The molecule has 0 amide bonds. The standard InChI is InChI=1S/C29H35NO6/c1-18-26(35-3)14-22(15-27(18)36-4)29(33)23(17-30-9-8-19(16-30)13-28(31)32)11-20-10-21-6-5-7-25(34-2)24(21)12-20/h5-9,14-16,20,23,29,33H,10-13,17H2,1-4H3,(H,31,32)/t20?,23-,29-/m1/s1. The van der Waals surface area contributed by atoms with Gasteiger partial charge in [0.15, 0.2) is 0 Å². The average molecular weight is 494 g/mol. The Balaban J connectivity index is 1.62. The van der Waals surface area contributed by atoms with Crippen LogP contribution in [-0.4, -0.2) is 42.1 Å². The lowest BCUT2D eigenvalue weighted by Gasteiger charge is -2.27. The zero-order valence-corrected chi connectivity index (χ0v) is 21.4. The van der Waals surface area contributed by atoms with Crippen molar-refractivity contribution >= 4 is 5.97 Å². The van der Waals surface area contributed by atoms with Gasteiger partial charge in [0.05, 0.1) is 33.9 Å². The van der Waals surface area contributed by atoms with Crippen LogP contribution in [0, 0.1) is 18.8 Å². The maximum atomic E-state index is 11.7. The molecule has 7 nitrogen and oxygen atoms in total. The van der Waals surface area contributed by atoms with Crippen LogP contribution >= 0.6 is 0 Å². The molecule has 0 bridgehead atoms. The first kappa shape index (κ1) is 25.6. The van der Waals surface area contributed by atoms with Crippen LogP contribution in [0.4, 0.5) is 0 Å². The van der Waals surface area contributed by atoms with Crippen molar-refractivity contribution < 1.29 is 29.2 Å². The van der Waals surface area contributed by atoms with Crippen molar-refractivity contribution in [3.63, 3.8) is 0 Å². The van der Waals surface area contributed by atoms with Gasteiger partial charge in [0.2, 0.25) is 0 Å². The molecule has 0 aliphatic heterocycles. The maximum absolute atomic E-state index is 11.7. The average Bonchev–Trinajstić information content (AvgIpc) is 3.48. The lowest BCUT2D eigenvalue weighted by Crippen LogP contribution is -2.22. The van der Waals surface area contributed by atoms with E-state index in [1.807, 2.05) is 54.2 Å². The molecule has 1 aromatic heterocycles. The highest BCUT2D eigenvalue weighted by atomic mass is 16.5. The van der Waals surface area contributed by atoms with Gasteiger partial charge in [0, 0.05) is 30.4 Å². The molecule has 1 heterocycles. The minimum absolute atomic E-state index is 0.0235. The van der Waals surface area contributed by atoms with Crippen molar-refractivity contribution in [2.24, 2.45) is 11.8 Å². The maximum Gasteiger partial charge on any atom is 0.307 e. The molecule has 2 N–H and O–H groups in total. The summed E-state index contributed by atoms with van der Waals surface area (Å²) in [6.07, 6.45) is 5.60. The van der Waals surface area contributed by atoms with E-state index in [2.05, 4.69) is 6.07 Å². The summed E-state index contributed by atoms with van der Waals surface area (Å²) >= 11 is 0. The molecule has 4 rings (SSSR count). The van der Waals surface area contributed by atoms with Crippen LogP contribution < -0.4 is 14.2 Å². The molecule has 0 saturated carbocycles.